The number of hydrogen-bond donors (Lipinski definition) is 1. The quantitative estimate of drug-likeness (QED) is 0.915. The molecule has 2 rings (SSSR count). The highest BCUT2D eigenvalue weighted by molar-refractivity contribution is 7.12. The van der Waals surface area contributed by atoms with Gasteiger partial charge in [-0.05, 0) is 36.9 Å². The lowest BCUT2D eigenvalue weighted by atomic mass is 9.95. The van der Waals surface area contributed by atoms with Crippen LogP contribution in [0.3, 0.4) is 0 Å². The largest absolute Gasteiger partial charge is 0.480 e. The Kier molecular flexibility index (Phi) is 3.78. The topological polar surface area (TPSA) is 40.5 Å². The average Bonchev–Trinajstić information content (AvgIpc) is 2.85. The molecule has 100 valence electrons. The van der Waals surface area contributed by atoms with Gasteiger partial charge in [-0.25, -0.2) is 0 Å². The molecule has 18 heavy (non-hydrogen) atoms. The van der Waals surface area contributed by atoms with Gasteiger partial charge in [0.2, 0.25) is 0 Å². The molecule has 1 saturated heterocycles. The van der Waals surface area contributed by atoms with Crippen molar-refractivity contribution in [1.82, 2.24) is 4.90 Å². The van der Waals surface area contributed by atoms with Crippen LogP contribution in [0, 0.1) is 0 Å². The maximum absolute atomic E-state index is 11.1. The minimum atomic E-state index is -0.680. The van der Waals surface area contributed by atoms with Gasteiger partial charge in [0.05, 0.1) is 0 Å². The van der Waals surface area contributed by atoms with Crippen LogP contribution < -0.4 is 0 Å². The zero-order chi connectivity index (χ0) is 13.3. The SMILES string of the molecule is CC(C)(C)c1ccc(CN2CCC[C@H]2C(=O)O)s1. The summed E-state index contributed by atoms with van der Waals surface area (Å²) in [5.41, 5.74) is 0.181. The van der Waals surface area contributed by atoms with E-state index in [9.17, 15) is 4.79 Å². The first-order valence-corrected chi connectivity index (χ1v) is 7.25. The highest BCUT2D eigenvalue weighted by atomic mass is 32.1. The number of nitrogens with zero attached hydrogens (tertiary/aromatic N) is 1. The summed E-state index contributed by atoms with van der Waals surface area (Å²) in [5, 5.41) is 9.16. The van der Waals surface area contributed by atoms with E-state index < -0.39 is 5.97 Å². The number of hydrogen-bond acceptors (Lipinski definition) is 3. The van der Waals surface area contributed by atoms with Crippen molar-refractivity contribution in [1.29, 1.82) is 0 Å². The third kappa shape index (κ3) is 2.93. The molecule has 3 nitrogen and oxygen atoms in total. The maximum Gasteiger partial charge on any atom is 0.320 e. The molecule has 4 heteroatoms. The number of carboxylic acid groups (broad SMARTS) is 1. The molecule has 1 aromatic rings. The Morgan fingerprint density at radius 3 is 2.78 bits per heavy atom. The molecule has 0 aliphatic carbocycles. The van der Waals surface area contributed by atoms with Crippen LogP contribution in [0.5, 0.6) is 0 Å². The Balaban J connectivity index is 2.05. The van der Waals surface area contributed by atoms with Crippen molar-refractivity contribution < 1.29 is 9.90 Å². The maximum atomic E-state index is 11.1. The molecule has 0 radical (unpaired) electrons. The second-order valence-electron chi connectivity index (χ2n) is 5.98. The van der Waals surface area contributed by atoms with E-state index in [1.807, 2.05) is 0 Å². The van der Waals surface area contributed by atoms with Gasteiger partial charge in [-0.1, -0.05) is 20.8 Å². The van der Waals surface area contributed by atoms with Crippen LogP contribution in [0.4, 0.5) is 0 Å². The second-order valence-corrected chi connectivity index (χ2v) is 7.15. The zero-order valence-corrected chi connectivity index (χ0v) is 12.1. The number of aliphatic carboxylic acids is 1. The third-order valence-electron chi connectivity index (χ3n) is 3.41. The van der Waals surface area contributed by atoms with Crippen LogP contribution in [0.2, 0.25) is 0 Å². The van der Waals surface area contributed by atoms with Gasteiger partial charge in [-0.15, -0.1) is 11.3 Å². The van der Waals surface area contributed by atoms with Crippen LogP contribution in [0.25, 0.3) is 0 Å². The number of likely N-dealkylation sites (tertiary alicyclic amines) is 1. The van der Waals surface area contributed by atoms with E-state index in [-0.39, 0.29) is 11.5 Å². The van der Waals surface area contributed by atoms with Crippen LogP contribution >= 0.6 is 11.3 Å². The lowest BCUT2D eigenvalue weighted by Gasteiger charge is -2.20. The van der Waals surface area contributed by atoms with E-state index in [4.69, 9.17) is 5.11 Å². The van der Waals surface area contributed by atoms with Gasteiger partial charge < -0.3 is 5.11 Å². The Labute approximate surface area is 112 Å². The van der Waals surface area contributed by atoms with Gasteiger partial charge in [0, 0.05) is 16.3 Å². The van der Waals surface area contributed by atoms with Crippen molar-refractivity contribution in [2.24, 2.45) is 0 Å². The predicted octanol–water partition coefficient (Wildman–Crippen LogP) is 3.09. The number of carbonyl (C=O) groups is 1. The molecule has 0 bridgehead atoms. The fourth-order valence-electron chi connectivity index (χ4n) is 2.36. The summed E-state index contributed by atoms with van der Waals surface area (Å²) in [5.74, 6) is -0.680. The summed E-state index contributed by atoms with van der Waals surface area (Å²) in [4.78, 5) is 15.8. The van der Waals surface area contributed by atoms with Gasteiger partial charge in [0.25, 0.3) is 0 Å². The zero-order valence-electron chi connectivity index (χ0n) is 11.3. The molecule has 1 atom stereocenters. The normalized spacial score (nSPS) is 21.4. The Hall–Kier alpha value is -0.870. The molecule has 0 aromatic carbocycles. The Bertz CT molecular complexity index is 433. The first-order valence-electron chi connectivity index (χ1n) is 6.44. The summed E-state index contributed by atoms with van der Waals surface area (Å²) in [6, 6.07) is 4.03. The van der Waals surface area contributed by atoms with Gasteiger partial charge in [-0.3, -0.25) is 9.69 Å². The van der Waals surface area contributed by atoms with Crippen molar-refractivity contribution in [3.05, 3.63) is 21.9 Å². The molecule has 0 spiro atoms. The summed E-state index contributed by atoms with van der Waals surface area (Å²) < 4.78 is 0. The molecule has 1 aromatic heterocycles. The highest BCUT2D eigenvalue weighted by Crippen LogP contribution is 2.31. The van der Waals surface area contributed by atoms with Gasteiger partial charge in [-0.2, -0.15) is 0 Å². The number of thiophene rings is 1. The molecule has 0 saturated carbocycles. The Morgan fingerprint density at radius 2 is 2.22 bits per heavy atom. The summed E-state index contributed by atoms with van der Waals surface area (Å²) in [6.07, 6.45) is 1.78. The van der Waals surface area contributed by atoms with Crippen molar-refractivity contribution in [2.45, 2.75) is 51.6 Å². The van der Waals surface area contributed by atoms with Crippen molar-refractivity contribution in [3.8, 4) is 0 Å². The van der Waals surface area contributed by atoms with Gasteiger partial charge >= 0.3 is 5.97 Å². The van der Waals surface area contributed by atoms with Crippen molar-refractivity contribution in [3.63, 3.8) is 0 Å². The van der Waals surface area contributed by atoms with E-state index >= 15 is 0 Å². The average molecular weight is 267 g/mol. The Morgan fingerprint density at radius 1 is 1.50 bits per heavy atom. The van der Waals surface area contributed by atoms with E-state index in [0.29, 0.717) is 0 Å². The van der Waals surface area contributed by atoms with E-state index in [2.05, 4.69) is 37.8 Å². The summed E-state index contributed by atoms with van der Waals surface area (Å²) in [6.45, 7) is 8.30. The molecule has 1 aliphatic heterocycles. The molecule has 1 N–H and O–H groups in total. The molecule has 1 fully saturated rings. The van der Waals surface area contributed by atoms with Crippen molar-refractivity contribution in [2.75, 3.05) is 6.54 Å². The van der Waals surface area contributed by atoms with Crippen LogP contribution in [-0.4, -0.2) is 28.6 Å². The first-order chi connectivity index (χ1) is 8.38. The minimum Gasteiger partial charge on any atom is -0.480 e. The van der Waals surface area contributed by atoms with Crippen molar-refractivity contribution >= 4 is 17.3 Å². The van der Waals surface area contributed by atoms with Crippen LogP contribution in [-0.2, 0) is 16.8 Å². The standard InChI is InChI=1S/C14H21NO2S/c1-14(2,3)12-7-6-10(18-12)9-15-8-4-5-11(15)13(16)17/h6-7,11H,4-5,8-9H2,1-3H3,(H,16,17)/t11-/m0/s1. The van der Waals surface area contributed by atoms with Gasteiger partial charge in [0.15, 0.2) is 0 Å². The monoisotopic (exact) mass is 267 g/mol. The lowest BCUT2D eigenvalue weighted by molar-refractivity contribution is -0.142. The summed E-state index contributed by atoms with van der Waals surface area (Å²) in [7, 11) is 0. The summed E-state index contributed by atoms with van der Waals surface area (Å²) >= 11 is 1.81. The van der Waals surface area contributed by atoms with Gasteiger partial charge in [0.1, 0.15) is 6.04 Å². The third-order valence-corrected chi connectivity index (χ3v) is 4.90. The first kappa shape index (κ1) is 13.6. The molecule has 0 unspecified atom stereocenters. The molecule has 2 heterocycles. The minimum absolute atomic E-state index is 0.181. The second kappa shape index (κ2) is 5.02. The fourth-order valence-corrected chi connectivity index (χ4v) is 3.45. The van der Waals surface area contributed by atoms with Crippen LogP contribution in [0.15, 0.2) is 12.1 Å². The van der Waals surface area contributed by atoms with E-state index in [1.54, 1.807) is 11.3 Å². The number of rotatable bonds is 3. The smallest absolute Gasteiger partial charge is 0.320 e. The fraction of sp³-hybridized carbons (Fsp3) is 0.643. The van der Waals surface area contributed by atoms with E-state index in [0.717, 1.165) is 25.9 Å². The molecular weight excluding hydrogens is 246 g/mol. The van der Waals surface area contributed by atoms with E-state index in [1.165, 1.54) is 9.75 Å². The number of carboxylic acids is 1. The molecule has 0 amide bonds. The highest BCUT2D eigenvalue weighted by Gasteiger charge is 2.30. The predicted molar refractivity (Wildman–Crippen MR) is 74.1 cm³/mol. The molecular formula is C14H21NO2S. The lowest BCUT2D eigenvalue weighted by Crippen LogP contribution is -2.35. The van der Waals surface area contributed by atoms with Crippen LogP contribution in [0.1, 0.15) is 43.4 Å². The molecule has 1 aliphatic rings.